The van der Waals surface area contributed by atoms with E-state index in [2.05, 4.69) is 18.8 Å². The topological polar surface area (TPSA) is 109 Å². The van der Waals surface area contributed by atoms with Gasteiger partial charge in [0.05, 0.1) is 6.20 Å². The van der Waals surface area contributed by atoms with Crippen LogP contribution in [0.25, 0.3) is 0 Å². The number of aromatic carboxylic acids is 1. The largest absolute Gasteiger partial charge is 0.518 e. The van der Waals surface area contributed by atoms with Crippen molar-refractivity contribution >= 4 is 5.97 Å². The van der Waals surface area contributed by atoms with Gasteiger partial charge >= 0.3 is 11.8 Å². The van der Waals surface area contributed by atoms with Gasteiger partial charge in [0.25, 0.3) is 0 Å². The molecule has 0 atom stereocenters. The number of hydrogen-bond acceptors (Lipinski definition) is 5. The number of carboxylic acid groups (broad SMARTS) is 1. The minimum absolute atomic E-state index is 0.132. The Bertz CT molecular complexity index is 522. The molecular weight excluding hydrogens is 216 g/mol. The first kappa shape index (κ1) is 11.8. The third-order valence-electron chi connectivity index (χ3n) is 1.50. The maximum Gasteiger partial charge on any atom is 0.518 e. The number of hydrogen-bond donors (Lipinski definition) is 2. The number of aromatic nitrogens is 2. The third-order valence-corrected chi connectivity index (χ3v) is 1.50. The monoisotopic (exact) mass is 226 g/mol. The molecule has 0 spiro atoms. The minimum Gasteiger partial charge on any atom is -0.477 e. The normalized spacial score (nSPS) is 9.38. The SMILES string of the molecule is Cc1coc(=O)o1.Cc1ncc(C(=O)O)[nH]1. The van der Waals surface area contributed by atoms with E-state index >= 15 is 0 Å². The van der Waals surface area contributed by atoms with Gasteiger partial charge in [0.15, 0.2) is 0 Å². The molecule has 2 aromatic rings. The molecule has 2 heterocycles. The van der Waals surface area contributed by atoms with Crippen LogP contribution in [0.5, 0.6) is 0 Å². The van der Waals surface area contributed by atoms with E-state index in [9.17, 15) is 9.59 Å². The average Bonchev–Trinajstić information content (AvgIpc) is 2.76. The molecule has 0 unspecified atom stereocenters. The summed E-state index contributed by atoms with van der Waals surface area (Å²) < 4.78 is 8.60. The second kappa shape index (κ2) is 4.96. The van der Waals surface area contributed by atoms with Crippen LogP contribution in [0.1, 0.15) is 22.1 Å². The lowest BCUT2D eigenvalue weighted by molar-refractivity contribution is 0.0691. The molecule has 2 rings (SSSR count). The highest BCUT2D eigenvalue weighted by molar-refractivity contribution is 5.84. The van der Waals surface area contributed by atoms with E-state index in [4.69, 9.17) is 5.11 Å². The van der Waals surface area contributed by atoms with Crippen molar-refractivity contribution in [3.8, 4) is 0 Å². The van der Waals surface area contributed by atoms with E-state index < -0.39 is 11.8 Å². The van der Waals surface area contributed by atoms with E-state index in [0.717, 1.165) is 0 Å². The van der Waals surface area contributed by atoms with Crippen LogP contribution >= 0.6 is 0 Å². The van der Waals surface area contributed by atoms with Crippen LogP contribution in [0.3, 0.4) is 0 Å². The summed E-state index contributed by atoms with van der Waals surface area (Å²) >= 11 is 0. The number of rotatable bonds is 1. The molecule has 0 radical (unpaired) electrons. The van der Waals surface area contributed by atoms with Crippen LogP contribution in [0.4, 0.5) is 0 Å². The van der Waals surface area contributed by atoms with Crippen LogP contribution < -0.4 is 5.82 Å². The van der Waals surface area contributed by atoms with E-state index in [1.807, 2.05) is 0 Å². The zero-order valence-corrected chi connectivity index (χ0v) is 8.68. The van der Waals surface area contributed by atoms with Gasteiger partial charge in [0, 0.05) is 0 Å². The van der Waals surface area contributed by atoms with Crippen molar-refractivity contribution in [2.75, 3.05) is 0 Å². The van der Waals surface area contributed by atoms with Gasteiger partial charge in [-0.1, -0.05) is 0 Å². The summed E-state index contributed by atoms with van der Waals surface area (Å²) in [6.07, 6.45) is 2.56. The quantitative estimate of drug-likeness (QED) is 0.749. The first-order chi connectivity index (χ1) is 7.49. The number of nitrogens with zero attached hydrogens (tertiary/aromatic N) is 1. The summed E-state index contributed by atoms with van der Waals surface area (Å²) in [6, 6.07) is 0. The Hall–Kier alpha value is -2.31. The molecule has 2 N–H and O–H groups in total. The van der Waals surface area contributed by atoms with Crippen LogP contribution in [0.2, 0.25) is 0 Å². The van der Waals surface area contributed by atoms with E-state index in [1.165, 1.54) is 12.5 Å². The average molecular weight is 226 g/mol. The number of aromatic amines is 1. The molecule has 2 aromatic heterocycles. The summed E-state index contributed by atoms with van der Waals surface area (Å²) in [5.41, 5.74) is 0.132. The molecule has 16 heavy (non-hydrogen) atoms. The van der Waals surface area contributed by atoms with Gasteiger partial charge in [-0.2, -0.15) is 0 Å². The molecule has 7 heteroatoms. The maximum atomic E-state index is 10.1. The summed E-state index contributed by atoms with van der Waals surface area (Å²) in [6.45, 7) is 3.34. The number of carboxylic acids is 1. The molecule has 0 aliphatic rings. The number of nitrogens with one attached hydrogen (secondary N) is 1. The summed E-state index contributed by atoms with van der Waals surface area (Å²) in [4.78, 5) is 26.4. The van der Waals surface area contributed by atoms with Gasteiger partial charge in [0.2, 0.25) is 0 Å². The van der Waals surface area contributed by atoms with Gasteiger partial charge < -0.3 is 18.9 Å². The van der Waals surface area contributed by atoms with Crippen molar-refractivity contribution in [1.29, 1.82) is 0 Å². The predicted molar refractivity (Wildman–Crippen MR) is 52.3 cm³/mol. The van der Waals surface area contributed by atoms with Crippen molar-refractivity contribution < 1.29 is 18.7 Å². The number of aryl methyl sites for hydroxylation is 2. The van der Waals surface area contributed by atoms with E-state index in [-0.39, 0.29) is 5.69 Å². The molecule has 0 amide bonds. The van der Waals surface area contributed by atoms with Gasteiger partial charge in [-0.25, -0.2) is 14.6 Å². The van der Waals surface area contributed by atoms with Crippen LogP contribution in [0.15, 0.2) is 26.1 Å². The Morgan fingerprint density at radius 1 is 1.50 bits per heavy atom. The van der Waals surface area contributed by atoms with Crippen molar-refractivity contribution in [3.63, 3.8) is 0 Å². The van der Waals surface area contributed by atoms with Gasteiger partial charge in [-0.05, 0) is 13.8 Å². The molecule has 0 saturated carbocycles. The third kappa shape index (κ3) is 3.45. The minimum atomic E-state index is -0.976. The van der Waals surface area contributed by atoms with Crippen molar-refractivity contribution in [2.45, 2.75) is 13.8 Å². The smallest absolute Gasteiger partial charge is 0.477 e. The van der Waals surface area contributed by atoms with Crippen molar-refractivity contribution in [2.24, 2.45) is 0 Å². The number of carbonyl (C=O) groups is 1. The Morgan fingerprint density at radius 3 is 2.38 bits per heavy atom. The standard InChI is InChI=1S/C5H6N2O2.C4H4O3/c1-3-6-2-4(7-3)5(8)9;1-3-2-6-4(5)7-3/h2H,1H3,(H,6,7)(H,8,9);2H,1H3. The summed E-state index contributed by atoms with van der Waals surface area (Å²) in [7, 11) is 0. The predicted octanol–water partition coefficient (Wildman–Crippen LogP) is 0.958. The molecule has 0 fully saturated rings. The zero-order valence-electron chi connectivity index (χ0n) is 8.68. The van der Waals surface area contributed by atoms with Crippen LogP contribution in [-0.2, 0) is 0 Å². The van der Waals surface area contributed by atoms with Gasteiger partial charge in [0.1, 0.15) is 23.5 Å². The van der Waals surface area contributed by atoms with E-state index in [0.29, 0.717) is 11.6 Å². The fourth-order valence-electron chi connectivity index (χ4n) is 0.840. The molecular formula is C9H10N2O5. The molecule has 0 saturated heterocycles. The Balaban J connectivity index is 0.000000165. The Labute approximate surface area is 89.7 Å². The lowest BCUT2D eigenvalue weighted by atomic mass is 10.5. The number of imidazole rings is 1. The van der Waals surface area contributed by atoms with Crippen molar-refractivity contribution in [1.82, 2.24) is 9.97 Å². The lowest BCUT2D eigenvalue weighted by Gasteiger charge is -1.81. The second-order valence-corrected chi connectivity index (χ2v) is 2.89. The molecule has 0 aromatic carbocycles. The van der Waals surface area contributed by atoms with Gasteiger partial charge in [-0.15, -0.1) is 0 Å². The molecule has 0 aliphatic heterocycles. The fraction of sp³-hybridized carbons (Fsp3) is 0.222. The first-order valence-corrected chi connectivity index (χ1v) is 4.29. The Morgan fingerprint density at radius 2 is 2.19 bits per heavy atom. The molecule has 7 nitrogen and oxygen atoms in total. The maximum absolute atomic E-state index is 10.1. The molecule has 0 bridgehead atoms. The zero-order chi connectivity index (χ0) is 12.1. The first-order valence-electron chi connectivity index (χ1n) is 4.29. The lowest BCUT2D eigenvalue weighted by Crippen LogP contribution is -1.95. The summed E-state index contributed by atoms with van der Waals surface area (Å²) in [5, 5.41) is 8.33. The summed E-state index contributed by atoms with van der Waals surface area (Å²) in [5.74, 6) is -0.495. The number of H-pyrrole nitrogens is 1. The van der Waals surface area contributed by atoms with Crippen LogP contribution in [-0.4, -0.2) is 21.0 Å². The van der Waals surface area contributed by atoms with Gasteiger partial charge in [-0.3, -0.25) is 0 Å². The highest BCUT2D eigenvalue weighted by atomic mass is 16.6. The Kier molecular flexibility index (Phi) is 3.65. The second-order valence-electron chi connectivity index (χ2n) is 2.89. The van der Waals surface area contributed by atoms with Crippen molar-refractivity contribution in [3.05, 3.63) is 40.4 Å². The molecule has 86 valence electrons. The highest BCUT2D eigenvalue weighted by Gasteiger charge is 2.02. The van der Waals surface area contributed by atoms with E-state index in [1.54, 1.807) is 13.8 Å². The van der Waals surface area contributed by atoms with Crippen LogP contribution in [0, 0.1) is 13.8 Å². The fourth-order valence-corrected chi connectivity index (χ4v) is 0.840. The molecule has 0 aliphatic carbocycles. The highest BCUT2D eigenvalue weighted by Crippen LogP contribution is 1.93.